The minimum atomic E-state index is -1.50. The number of allylic oxidation sites excluding steroid dienone is 4. The Bertz CT molecular complexity index is 487. The lowest BCUT2D eigenvalue weighted by Crippen LogP contribution is -2.22. The zero-order valence-corrected chi connectivity index (χ0v) is 12.0. The van der Waals surface area contributed by atoms with E-state index in [1.165, 1.54) is 0 Å². The Kier molecular flexibility index (Phi) is 5.11. The van der Waals surface area contributed by atoms with Crippen molar-refractivity contribution in [1.29, 1.82) is 0 Å². The van der Waals surface area contributed by atoms with E-state index in [-0.39, 0.29) is 12.2 Å². The Labute approximate surface area is 120 Å². The van der Waals surface area contributed by atoms with Crippen molar-refractivity contribution in [2.45, 2.75) is 51.1 Å². The molecule has 1 aromatic carbocycles. The number of hydrogen-bond acceptors (Lipinski definition) is 0. The molecule has 0 nitrogen and oxygen atoms in total. The molecular weight excluding hydrogens is 254 g/mol. The summed E-state index contributed by atoms with van der Waals surface area (Å²) >= 11 is 0. The topological polar surface area (TPSA) is 0 Å². The van der Waals surface area contributed by atoms with Crippen LogP contribution in [0.3, 0.4) is 0 Å². The Hall–Kier alpha value is -1.44. The lowest BCUT2D eigenvalue weighted by Gasteiger charge is -2.25. The van der Waals surface area contributed by atoms with Crippen LogP contribution in [-0.4, -0.2) is 5.67 Å². The van der Waals surface area contributed by atoms with Gasteiger partial charge in [-0.2, -0.15) is 0 Å². The standard InChI is InChI=1S/C18H22F2/c1-2-3-4-8-12-18(20)13-11-16(17(19)14-18)15-9-6-5-7-10-15/h5-7,9-11,13H,2-4,8,12,14H2,1H3. The predicted molar refractivity (Wildman–Crippen MR) is 80.8 cm³/mol. The molecule has 1 aromatic rings. The summed E-state index contributed by atoms with van der Waals surface area (Å²) in [6, 6.07) is 9.33. The monoisotopic (exact) mass is 276 g/mol. The Morgan fingerprint density at radius 2 is 1.85 bits per heavy atom. The van der Waals surface area contributed by atoms with Gasteiger partial charge >= 0.3 is 0 Å². The molecule has 0 aliphatic heterocycles. The molecule has 0 fully saturated rings. The number of benzene rings is 1. The van der Waals surface area contributed by atoms with Crippen molar-refractivity contribution in [1.82, 2.24) is 0 Å². The average molecular weight is 276 g/mol. The minimum absolute atomic E-state index is 0.125. The minimum Gasteiger partial charge on any atom is -0.239 e. The van der Waals surface area contributed by atoms with Crippen LogP contribution in [0.25, 0.3) is 5.57 Å². The largest absolute Gasteiger partial charge is 0.239 e. The van der Waals surface area contributed by atoms with E-state index in [9.17, 15) is 8.78 Å². The molecule has 0 aromatic heterocycles. The fourth-order valence-corrected chi connectivity index (χ4v) is 2.62. The van der Waals surface area contributed by atoms with Gasteiger partial charge in [-0.1, -0.05) is 62.6 Å². The number of unbranched alkanes of at least 4 members (excludes halogenated alkanes) is 3. The number of alkyl halides is 1. The van der Waals surface area contributed by atoms with Crippen LogP contribution < -0.4 is 0 Å². The molecule has 0 N–H and O–H groups in total. The molecule has 20 heavy (non-hydrogen) atoms. The summed E-state index contributed by atoms with van der Waals surface area (Å²) in [6.45, 7) is 2.13. The summed E-state index contributed by atoms with van der Waals surface area (Å²) in [5.74, 6) is -0.336. The molecule has 0 amide bonds. The van der Waals surface area contributed by atoms with Crippen LogP contribution in [0.4, 0.5) is 8.78 Å². The van der Waals surface area contributed by atoms with Crippen LogP contribution >= 0.6 is 0 Å². The first-order valence-corrected chi connectivity index (χ1v) is 7.47. The number of halogens is 2. The van der Waals surface area contributed by atoms with Crippen molar-refractivity contribution in [3.63, 3.8) is 0 Å². The van der Waals surface area contributed by atoms with Gasteiger partial charge in [-0.3, -0.25) is 0 Å². The van der Waals surface area contributed by atoms with E-state index >= 15 is 0 Å². The van der Waals surface area contributed by atoms with E-state index in [2.05, 4.69) is 6.92 Å². The van der Waals surface area contributed by atoms with Crippen LogP contribution in [0.5, 0.6) is 0 Å². The molecule has 1 unspecified atom stereocenters. The van der Waals surface area contributed by atoms with Crippen LogP contribution in [0, 0.1) is 0 Å². The van der Waals surface area contributed by atoms with E-state index in [0.29, 0.717) is 12.0 Å². The highest BCUT2D eigenvalue weighted by atomic mass is 19.1. The number of rotatable bonds is 6. The van der Waals surface area contributed by atoms with Crippen LogP contribution in [0.2, 0.25) is 0 Å². The van der Waals surface area contributed by atoms with Crippen LogP contribution in [0.15, 0.2) is 48.3 Å². The van der Waals surface area contributed by atoms with Crippen molar-refractivity contribution in [2.24, 2.45) is 0 Å². The second-order valence-electron chi connectivity index (χ2n) is 5.54. The van der Waals surface area contributed by atoms with E-state index < -0.39 is 5.67 Å². The Morgan fingerprint density at radius 3 is 2.50 bits per heavy atom. The SMILES string of the molecule is CCCCCCC1(F)C=CC(c2ccccc2)=C(F)C1. The van der Waals surface area contributed by atoms with Gasteiger partial charge in [0.25, 0.3) is 0 Å². The molecule has 2 rings (SSSR count). The third-order valence-corrected chi connectivity index (χ3v) is 3.82. The van der Waals surface area contributed by atoms with E-state index in [4.69, 9.17) is 0 Å². The Morgan fingerprint density at radius 1 is 1.10 bits per heavy atom. The lowest BCUT2D eigenvalue weighted by atomic mass is 9.86. The highest BCUT2D eigenvalue weighted by molar-refractivity contribution is 5.77. The van der Waals surface area contributed by atoms with Gasteiger partial charge in [0.05, 0.1) is 0 Å². The average Bonchev–Trinajstić information content (AvgIpc) is 2.45. The van der Waals surface area contributed by atoms with E-state index in [1.807, 2.05) is 30.3 Å². The smallest absolute Gasteiger partial charge is 0.135 e. The molecular formula is C18H22F2. The van der Waals surface area contributed by atoms with Gasteiger partial charge in [-0.05, 0) is 24.5 Å². The Balaban J connectivity index is 2.01. The van der Waals surface area contributed by atoms with Crippen molar-refractivity contribution >= 4 is 5.57 Å². The molecule has 2 heteroatoms. The molecule has 1 atom stereocenters. The van der Waals surface area contributed by atoms with Gasteiger partial charge in [0.2, 0.25) is 0 Å². The molecule has 0 bridgehead atoms. The maximum Gasteiger partial charge on any atom is 0.135 e. The van der Waals surface area contributed by atoms with Gasteiger partial charge in [-0.15, -0.1) is 0 Å². The maximum absolute atomic E-state index is 14.6. The zero-order valence-electron chi connectivity index (χ0n) is 12.0. The van der Waals surface area contributed by atoms with Crippen molar-refractivity contribution in [3.8, 4) is 0 Å². The fraction of sp³-hybridized carbons (Fsp3) is 0.444. The summed E-state index contributed by atoms with van der Waals surface area (Å²) in [5.41, 5.74) is -0.169. The number of hydrogen-bond donors (Lipinski definition) is 0. The third kappa shape index (κ3) is 3.78. The van der Waals surface area contributed by atoms with Gasteiger partial charge in [0.15, 0.2) is 0 Å². The second kappa shape index (κ2) is 6.83. The second-order valence-corrected chi connectivity index (χ2v) is 5.54. The molecule has 1 aliphatic rings. The highest BCUT2D eigenvalue weighted by Crippen LogP contribution is 2.38. The van der Waals surface area contributed by atoms with Crippen molar-refractivity contribution in [2.75, 3.05) is 0 Å². The quantitative estimate of drug-likeness (QED) is 0.558. The van der Waals surface area contributed by atoms with Crippen LogP contribution in [-0.2, 0) is 0 Å². The molecule has 1 aliphatic carbocycles. The summed E-state index contributed by atoms with van der Waals surface area (Å²) in [5, 5.41) is 0. The van der Waals surface area contributed by atoms with Crippen molar-refractivity contribution < 1.29 is 8.78 Å². The molecule has 0 saturated heterocycles. The zero-order chi connectivity index (χ0) is 14.4. The van der Waals surface area contributed by atoms with Crippen LogP contribution in [0.1, 0.15) is 51.0 Å². The van der Waals surface area contributed by atoms with Gasteiger partial charge in [-0.25, -0.2) is 8.78 Å². The molecule has 108 valence electrons. The summed E-state index contributed by atoms with van der Waals surface area (Å²) in [7, 11) is 0. The first kappa shape index (κ1) is 15.0. The molecule has 0 spiro atoms. The van der Waals surface area contributed by atoms with Gasteiger partial charge in [0.1, 0.15) is 11.5 Å². The summed E-state index contributed by atoms with van der Waals surface area (Å²) in [6.07, 6.45) is 7.53. The van der Waals surface area contributed by atoms with E-state index in [1.54, 1.807) is 12.2 Å². The third-order valence-electron chi connectivity index (χ3n) is 3.82. The summed E-state index contributed by atoms with van der Waals surface area (Å²) in [4.78, 5) is 0. The molecule has 0 radical (unpaired) electrons. The van der Waals surface area contributed by atoms with Gasteiger partial charge in [0, 0.05) is 12.0 Å². The summed E-state index contributed by atoms with van der Waals surface area (Å²) < 4.78 is 28.8. The van der Waals surface area contributed by atoms with E-state index in [0.717, 1.165) is 31.2 Å². The van der Waals surface area contributed by atoms with Crippen molar-refractivity contribution in [3.05, 3.63) is 53.9 Å². The van der Waals surface area contributed by atoms with Gasteiger partial charge < -0.3 is 0 Å². The normalized spacial score (nSPS) is 22.4. The first-order valence-electron chi connectivity index (χ1n) is 7.47. The first-order chi connectivity index (χ1) is 9.64. The molecule has 0 heterocycles. The predicted octanol–water partition coefficient (Wildman–Crippen LogP) is 6.01. The maximum atomic E-state index is 14.6. The lowest BCUT2D eigenvalue weighted by molar-refractivity contribution is 0.194. The highest BCUT2D eigenvalue weighted by Gasteiger charge is 2.31. The molecule has 0 saturated carbocycles. The fourth-order valence-electron chi connectivity index (χ4n) is 2.62.